The first-order valence-electron chi connectivity index (χ1n) is 16.2. The van der Waals surface area contributed by atoms with Gasteiger partial charge < -0.3 is 15.0 Å². The molecule has 0 heterocycles. The van der Waals surface area contributed by atoms with E-state index in [0.29, 0.717) is 6.42 Å². The minimum absolute atomic E-state index is 0.0103. The number of nitrogens with zero attached hydrogens (tertiary/aromatic N) is 1. The predicted octanol–water partition coefficient (Wildman–Crippen LogP) is 9.06. The van der Waals surface area contributed by atoms with Crippen LogP contribution in [0.15, 0.2) is 0 Å². The smallest absolute Gasteiger partial charge is 0.306 e. The Hall–Kier alpha value is -0.610. The van der Waals surface area contributed by atoms with Crippen LogP contribution in [-0.2, 0) is 9.53 Å². The molecule has 0 aliphatic rings. The van der Waals surface area contributed by atoms with Crippen molar-refractivity contribution < 1.29 is 9.53 Å². The van der Waals surface area contributed by atoms with Gasteiger partial charge in [-0.15, -0.1) is 0 Å². The average molecular weight is 511 g/mol. The van der Waals surface area contributed by atoms with E-state index < -0.39 is 0 Å². The Labute approximate surface area is 227 Å². The third-order valence-electron chi connectivity index (χ3n) is 7.41. The van der Waals surface area contributed by atoms with Crippen molar-refractivity contribution in [2.75, 3.05) is 33.2 Å². The van der Waals surface area contributed by atoms with E-state index in [0.717, 1.165) is 25.8 Å². The first kappa shape index (κ1) is 35.4. The van der Waals surface area contributed by atoms with Crippen molar-refractivity contribution in [1.29, 1.82) is 0 Å². The highest BCUT2D eigenvalue weighted by molar-refractivity contribution is 5.69. The number of ether oxygens (including phenoxy) is 1. The topological polar surface area (TPSA) is 41.6 Å². The fourth-order valence-corrected chi connectivity index (χ4v) is 4.94. The Bertz CT molecular complexity index is 444. The fraction of sp³-hybridized carbons (Fsp3) is 0.969. The van der Waals surface area contributed by atoms with Crippen molar-refractivity contribution in [1.82, 2.24) is 10.2 Å². The zero-order valence-corrected chi connectivity index (χ0v) is 25.2. The molecule has 0 amide bonds. The molecule has 0 fully saturated rings. The number of rotatable bonds is 29. The van der Waals surface area contributed by atoms with Gasteiger partial charge in [0.2, 0.25) is 0 Å². The van der Waals surface area contributed by atoms with Gasteiger partial charge >= 0.3 is 5.97 Å². The molecule has 1 unspecified atom stereocenters. The Morgan fingerprint density at radius 2 is 1.08 bits per heavy atom. The van der Waals surface area contributed by atoms with Crippen LogP contribution in [0.1, 0.15) is 162 Å². The van der Waals surface area contributed by atoms with Crippen LogP contribution >= 0.6 is 0 Å². The van der Waals surface area contributed by atoms with Gasteiger partial charge in [-0.25, -0.2) is 0 Å². The lowest BCUT2D eigenvalue weighted by Gasteiger charge is -2.22. The highest BCUT2D eigenvalue weighted by Gasteiger charge is 2.09. The molecule has 4 heteroatoms. The monoisotopic (exact) mass is 511 g/mol. The molecule has 0 aliphatic heterocycles. The quantitative estimate of drug-likeness (QED) is 0.0804. The van der Waals surface area contributed by atoms with Crippen LogP contribution in [0.2, 0.25) is 0 Å². The van der Waals surface area contributed by atoms with Crippen LogP contribution in [0.5, 0.6) is 0 Å². The maximum atomic E-state index is 12.1. The fourth-order valence-electron chi connectivity index (χ4n) is 4.94. The second-order valence-corrected chi connectivity index (χ2v) is 11.1. The van der Waals surface area contributed by atoms with E-state index in [4.69, 9.17) is 4.74 Å². The van der Waals surface area contributed by atoms with Crippen LogP contribution in [0.3, 0.4) is 0 Å². The molecule has 216 valence electrons. The van der Waals surface area contributed by atoms with Crippen LogP contribution < -0.4 is 5.32 Å². The molecule has 0 spiro atoms. The van der Waals surface area contributed by atoms with Gasteiger partial charge in [-0.1, -0.05) is 117 Å². The van der Waals surface area contributed by atoms with Crippen LogP contribution in [-0.4, -0.2) is 50.2 Å². The number of carbonyl (C=O) groups excluding carboxylic acids is 1. The van der Waals surface area contributed by atoms with Crippen molar-refractivity contribution >= 4 is 5.97 Å². The van der Waals surface area contributed by atoms with E-state index in [-0.39, 0.29) is 12.1 Å². The van der Waals surface area contributed by atoms with E-state index in [1.807, 2.05) is 0 Å². The molecule has 0 aromatic rings. The molecule has 1 atom stereocenters. The van der Waals surface area contributed by atoms with Crippen LogP contribution in [0.25, 0.3) is 0 Å². The molecule has 0 aliphatic carbocycles. The standard InChI is InChI=1S/C32H66N2O2/c1-5-7-9-11-15-19-23-28-34(30-27-33-4)29-24-20-16-13-14-18-22-26-32(35)36-31(3)25-21-17-12-10-8-6-2/h31,33H,5-30H2,1-4H3. The molecule has 0 saturated carbocycles. The molecule has 0 aromatic carbocycles. The zero-order chi connectivity index (χ0) is 26.5. The van der Waals surface area contributed by atoms with Gasteiger partial charge in [0, 0.05) is 19.5 Å². The van der Waals surface area contributed by atoms with Crippen molar-refractivity contribution in [3.05, 3.63) is 0 Å². The van der Waals surface area contributed by atoms with Gasteiger partial charge in [-0.05, 0) is 59.2 Å². The van der Waals surface area contributed by atoms with Gasteiger partial charge in [0.1, 0.15) is 0 Å². The summed E-state index contributed by atoms with van der Waals surface area (Å²) in [5.74, 6) is 0.0103. The van der Waals surface area contributed by atoms with Crippen molar-refractivity contribution in [2.24, 2.45) is 0 Å². The molecular weight excluding hydrogens is 444 g/mol. The normalized spacial score (nSPS) is 12.4. The number of carbonyl (C=O) groups is 1. The lowest BCUT2D eigenvalue weighted by Crippen LogP contribution is -2.32. The summed E-state index contributed by atoms with van der Waals surface area (Å²) in [6.07, 6.45) is 27.9. The summed E-state index contributed by atoms with van der Waals surface area (Å²) in [5, 5.41) is 3.31. The summed E-state index contributed by atoms with van der Waals surface area (Å²) in [4.78, 5) is 14.7. The average Bonchev–Trinajstić information content (AvgIpc) is 2.87. The summed E-state index contributed by atoms with van der Waals surface area (Å²) in [5.41, 5.74) is 0. The predicted molar refractivity (Wildman–Crippen MR) is 159 cm³/mol. The summed E-state index contributed by atoms with van der Waals surface area (Å²) in [6, 6.07) is 0. The summed E-state index contributed by atoms with van der Waals surface area (Å²) < 4.78 is 5.60. The molecule has 4 nitrogen and oxygen atoms in total. The van der Waals surface area contributed by atoms with E-state index in [1.54, 1.807) is 0 Å². The van der Waals surface area contributed by atoms with Gasteiger partial charge in [-0.3, -0.25) is 4.79 Å². The second kappa shape index (κ2) is 29.0. The zero-order valence-electron chi connectivity index (χ0n) is 25.2. The molecule has 36 heavy (non-hydrogen) atoms. The van der Waals surface area contributed by atoms with Crippen molar-refractivity contribution in [2.45, 2.75) is 168 Å². The maximum Gasteiger partial charge on any atom is 0.306 e. The third-order valence-corrected chi connectivity index (χ3v) is 7.41. The molecule has 0 rings (SSSR count). The van der Waals surface area contributed by atoms with Crippen molar-refractivity contribution in [3.8, 4) is 0 Å². The van der Waals surface area contributed by atoms with Crippen LogP contribution in [0.4, 0.5) is 0 Å². The molecular formula is C32H66N2O2. The number of nitrogens with one attached hydrogen (secondary N) is 1. The second-order valence-electron chi connectivity index (χ2n) is 11.1. The lowest BCUT2D eigenvalue weighted by molar-refractivity contribution is -0.148. The highest BCUT2D eigenvalue weighted by atomic mass is 16.5. The van der Waals surface area contributed by atoms with E-state index >= 15 is 0 Å². The SMILES string of the molecule is CCCCCCCCCN(CCCCCCCCCC(=O)OC(C)CCCCCCCC)CCNC. The highest BCUT2D eigenvalue weighted by Crippen LogP contribution is 2.13. The van der Waals surface area contributed by atoms with Crippen LogP contribution in [0, 0.1) is 0 Å². The van der Waals surface area contributed by atoms with E-state index in [2.05, 4.69) is 38.0 Å². The minimum Gasteiger partial charge on any atom is -0.463 e. The number of hydrogen-bond acceptors (Lipinski definition) is 4. The van der Waals surface area contributed by atoms with E-state index in [9.17, 15) is 4.79 Å². The first-order chi connectivity index (χ1) is 17.6. The van der Waals surface area contributed by atoms with Gasteiger partial charge in [-0.2, -0.15) is 0 Å². The Morgan fingerprint density at radius 1 is 0.639 bits per heavy atom. The largest absolute Gasteiger partial charge is 0.463 e. The number of unbranched alkanes of at least 4 members (excludes halogenated alkanes) is 17. The molecule has 0 radical (unpaired) electrons. The summed E-state index contributed by atoms with van der Waals surface area (Å²) in [6.45, 7) is 11.4. The molecule has 1 N–H and O–H groups in total. The lowest BCUT2D eigenvalue weighted by atomic mass is 10.1. The van der Waals surface area contributed by atoms with Gasteiger partial charge in [0.05, 0.1) is 6.10 Å². The minimum atomic E-state index is 0.0103. The Balaban J connectivity index is 3.61. The van der Waals surface area contributed by atoms with Gasteiger partial charge in [0.25, 0.3) is 0 Å². The summed E-state index contributed by atoms with van der Waals surface area (Å²) in [7, 11) is 2.06. The Morgan fingerprint density at radius 3 is 1.58 bits per heavy atom. The Kier molecular flexibility index (Phi) is 28.5. The number of hydrogen-bond donors (Lipinski definition) is 1. The van der Waals surface area contributed by atoms with Crippen molar-refractivity contribution in [3.63, 3.8) is 0 Å². The molecule has 0 aromatic heterocycles. The number of esters is 1. The number of likely N-dealkylation sites (N-methyl/N-ethyl adjacent to an activating group) is 1. The molecule has 0 saturated heterocycles. The maximum absolute atomic E-state index is 12.1. The van der Waals surface area contributed by atoms with E-state index in [1.165, 1.54) is 135 Å². The third kappa shape index (κ3) is 26.5. The first-order valence-corrected chi connectivity index (χ1v) is 16.2. The molecule has 0 bridgehead atoms. The van der Waals surface area contributed by atoms with Gasteiger partial charge in [0.15, 0.2) is 0 Å². The summed E-state index contributed by atoms with van der Waals surface area (Å²) >= 11 is 0.